The summed E-state index contributed by atoms with van der Waals surface area (Å²) in [4.78, 5) is 48.7. The van der Waals surface area contributed by atoms with E-state index < -0.39 is 23.5 Å². The van der Waals surface area contributed by atoms with Crippen LogP contribution in [0.15, 0.2) is 59.3 Å². The molecule has 0 aliphatic carbocycles. The van der Waals surface area contributed by atoms with Crippen molar-refractivity contribution in [1.82, 2.24) is 0 Å². The van der Waals surface area contributed by atoms with Gasteiger partial charge < -0.3 is 29.6 Å². The zero-order valence-corrected chi connectivity index (χ0v) is 18.6. The SMILES string of the molecule is CCOC(=O)C1=C(Nc2cccc3c(NC4=C(C(=O)OCC)C(=O)CO4)cccc23)OCC1=O. The van der Waals surface area contributed by atoms with Gasteiger partial charge in [-0.2, -0.15) is 0 Å². The molecule has 0 spiro atoms. The molecule has 0 radical (unpaired) electrons. The summed E-state index contributed by atoms with van der Waals surface area (Å²) in [5, 5.41) is 7.46. The maximum absolute atomic E-state index is 12.2. The Morgan fingerprint density at radius 1 is 0.765 bits per heavy atom. The lowest BCUT2D eigenvalue weighted by Crippen LogP contribution is -2.16. The van der Waals surface area contributed by atoms with Gasteiger partial charge in [-0.15, -0.1) is 0 Å². The van der Waals surface area contributed by atoms with E-state index in [0.29, 0.717) is 22.1 Å². The second kappa shape index (κ2) is 9.65. The highest BCUT2D eigenvalue weighted by Crippen LogP contribution is 2.33. The number of esters is 2. The molecule has 0 aromatic heterocycles. The number of ether oxygens (including phenoxy) is 4. The highest BCUT2D eigenvalue weighted by atomic mass is 16.5. The summed E-state index contributed by atoms with van der Waals surface area (Å²) in [6, 6.07) is 10.7. The summed E-state index contributed by atoms with van der Waals surface area (Å²) >= 11 is 0. The first kappa shape index (κ1) is 22.8. The van der Waals surface area contributed by atoms with Gasteiger partial charge in [0.2, 0.25) is 23.3 Å². The molecule has 2 aliphatic heterocycles. The van der Waals surface area contributed by atoms with Crippen molar-refractivity contribution in [1.29, 1.82) is 0 Å². The number of nitrogens with one attached hydrogen (secondary N) is 2. The summed E-state index contributed by atoms with van der Waals surface area (Å²) in [5.74, 6) is -2.40. The first-order valence-electron chi connectivity index (χ1n) is 10.6. The van der Waals surface area contributed by atoms with Gasteiger partial charge in [-0.25, -0.2) is 9.59 Å². The Balaban J connectivity index is 1.70. The van der Waals surface area contributed by atoms with Gasteiger partial charge >= 0.3 is 11.9 Å². The zero-order valence-electron chi connectivity index (χ0n) is 18.6. The Labute approximate surface area is 194 Å². The van der Waals surface area contributed by atoms with Gasteiger partial charge in [-0.3, -0.25) is 9.59 Å². The lowest BCUT2D eigenvalue weighted by molar-refractivity contribution is -0.141. The van der Waals surface area contributed by atoms with Gasteiger partial charge in [-0.05, 0) is 26.0 Å². The molecule has 0 amide bonds. The van der Waals surface area contributed by atoms with Gasteiger partial charge in [0.05, 0.1) is 13.2 Å². The fraction of sp³-hybridized carbons (Fsp3) is 0.250. The van der Waals surface area contributed by atoms with Crippen LogP contribution in [0.4, 0.5) is 11.4 Å². The molecule has 0 saturated heterocycles. The van der Waals surface area contributed by atoms with Crippen LogP contribution in [0.3, 0.4) is 0 Å². The molecular formula is C24H22N2O8. The number of Topliss-reactive ketones (excluding diaryl/α,β-unsaturated/α-hetero) is 2. The van der Waals surface area contributed by atoms with Crippen molar-refractivity contribution in [2.24, 2.45) is 0 Å². The van der Waals surface area contributed by atoms with Crippen LogP contribution in [0.2, 0.25) is 0 Å². The average Bonchev–Trinajstić information content (AvgIpc) is 3.36. The smallest absolute Gasteiger partial charge is 0.347 e. The monoisotopic (exact) mass is 466 g/mol. The molecule has 0 unspecified atom stereocenters. The highest BCUT2D eigenvalue weighted by Gasteiger charge is 2.33. The molecule has 2 aromatic carbocycles. The van der Waals surface area contributed by atoms with Crippen LogP contribution < -0.4 is 10.6 Å². The topological polar surface area (TPSA) is 129 Å². The van der Waals surface area contributed by atoms with E-state index in [4.69, 9.17) is 18.9 Å². The standard InChI is InChI=1S/C24H22N2O8/c1-3-31-23(29)19-17(27)11-33-21(19)25-15-9-5-8-14-13(15)7-6-10-16(14)26-22-20(18(28)12-34-22)24(30)32-4-2/h5-10,25-26H,3-4,11-12H2,1-2H3. The van der Waals surface area contributed by atoms with Crippen molar-refractivity contribution in [2.75, 3.05) is 37.1 Å². The van der Waals surface area contributed by atoms with Gasteiger partial charge in [0, 0.05) is 22.1 Å². The zero-order chi connectivity index (χ0) is 24.2. The molecule has 34 heavy (non-hydrogen) atoms. The normalized spacial score (nSPS) is 15.4. The van der Waals surface area contributed by atoms with Crippen molar-refractivity contribution in [2.45, 2.75) is 13.8 Å². The van der Waals surface area contributed by atoms with Crippen molar-refractivity contribution in [3.63, 3.8) is 0 Å². The van der Waals surface area contributed by atoms with Crippen molar-refractivity contribution in [3.8, 4) is 0 Å². The van der Waals surface area contributed by atoms with E-state index in [1.807, 2.05) is 12.1 Å². The molecule has 2 heterocycles. The first-order chi connectivity index (χ1) is 16.4. The van der Waals surface area contributed by atoms with Gasteiger partial charge in [0.1, 0.15) is 0 Å². The van der Waals surface area contributed by atoms with Crippen LogP contribution in [0.25, 0.3) is 10.8 Å². The van der Waals surface area contributed by atoms with E-state index in [-0.39, 0.29) is 49.3 Å². The number of rotatable bonds is 8. The van der Waals surface area contributed by atoms with Gasteiger partial charge in [0.15, 0.2) is 24.4 Å². The summed E-state index contributed by atoms with van der Waals surface area (Å²) in [7, 11) is 0. The van der Waals surface area contributed by atoms with E-state index >= 15 is 0 Å². The largest absolute Gasteiger partial charge is 0.470 e. The minimum Gasteiger partial charge on any atom is -0.470 e. The number of carbonyl (C=O) groups excluding carboxylic acids is 4. The van der Waals surface area contributed by atoms with Crippen molar-refractivity contribution < 1.29 is 38.1 Å². The molecule has 0 saturated carbocycles. The molecule has 0 atom stereocenters. The molecule has 2 N–H and O–H groups in total. The molecular weight excluding hydrogens is 444 g/mol. The maximum Gasteiger partial charge on any atom is 0.347 e. The lowest BCUT2D eigenvalue weighted by Gasteiger charge is -2.15. The summed E-state index contributed by atoms with van der Waals surface area (Å²) in [5.41, 5.74) is 0.789. The van der Waals surface area contributed by atoms with Crippen LogP contribution in [0.1, 0.15) is 13.8 Å². The lowest BCUT2D eigenvalue weighted by atomic mass is 10.1. The molecule has 10 heteroatoms. The summed E-state index contributed by atoms with van der Waals surface area (Å²) < 4.78 is 20.7. The molecule has 2 aromatic rings. The fourth-order valence-corrected chi connectivity index (χ4v) is 3.61. The third-order valence-corrected chi connectivity index (χ3v) is 5.08. The fourth-order valence-electron chi connectivity index (χ4n) is 3.61. The Kier molecular flexibility index (Phi) is 6.48. The molecule has 176 valence electrons. The number of carbonyl (C=O) groups is 4. The van der Waals surface area contributed by atoms with Crippen molar-refractivity contribution in [3.05, 3.63) is 59.3 Å². The van der Waals surface area contributed by atoms with Crippen LogP contribution in [-0.4, -0.2) is 49.9 Å². The Morgan fingerprint density at radius 3 is 1.56 bits per heavy atom. The molecule has 0 fully saturated rings. The summed E-state index contributed by atoms with van der Waals surface area (Å²) in [6.07, 6.45) is 0. The molecule has 2 aliphatic rings. The number of benzene rings is 2. The highest BCUT2D eigenvalue weighted by molar-refractivity contribution is 6.20. The van der Waals surface area contributed by atoms with Crippen molar-refractivity contribution >= 4 is 45.7 Å². The van der Waals surface area contributed by atoms with E-state index in [1.165, 1.54) is 0 Å². The third-order valence-electron chi connectivity index (χ3n) is 5.08. The Hall–Kier alpha value is -4.34. The number of ketones is 2. The quantitative estimate of drug-likeness (QED) is 0.442. The Bertz CT molecular complexity index is 1160. The number of fused-ring (bicyclic) bond motifs is 1. The molecule has 4 rings (SSSR count). The third kappa shape index (κ3) is 4.29. The van der Waals surface area contributed by atoms with E-state index in [9.17, 15) is 19.2 Å². The summed E-state index contributed by atoms with van der Waals surface area (Å²) in [6.45, 7) is 3.03. The van der Waals surface area contributed by atoms with Crippen LogP contribution in [-0.2, 0) is 38.1 Å². The molecule has 10 nitrogen and oxygen atoms in total. The van der Waals surface area contributed by atoms with Crippen LogP contribution in [0.5, 0.6) is 0 Å². The van der Waals surface area contributed by atoms with E-state index in [2.05, 4.69) is 10.6 Å². The molecule has 0 bridgehead atoms. The number of hydrogen-bond acceptors (Lipinski definition) is 10. The maximum atomic E-state index is 12.2. The minimum absolute atomic E-state index is 0.0198. The van der Waals surface area contributed by atoms with Crippen LogP contribution in [0, 0.1) is 0 Å². The first-order valence-corrected chi connectivity index (χ1v) is 10.6. The average molecular weight is 466 g/mol. The predicted octanol–water partition coefficient (Wildman–Crippen LogP) is 2.41. The van der Waals surface area contributed by atoms with Gasteiger partial charge in [-0.1, -0.05) is 24.3 Å². The Morgan fingerprint density at radius 2 is 1.18 bits per heavy atom. The van der Waals surface area contributed by atoms with E-state index in [0.717, 1.165) is 0 Å². The predicted molar refractivity (Wildman–Crippen MR) is 120 cm³/mol. The number of anilines is 2. The second-order valence-electron chi connectivity index (χ2n) is 7.23. The van der Waals surface area contributed by atoms with E-state index in [1.54, 1.807) is 38.1 Å². The van der Waals surface area contributed by atoms with Gasteiger partial charge in [0.25, 0.3) is 0 Å². The number of hydrogen-bond donors (Lipinski definition) is 2. The van der Waals surface area contributed by atoms with Crippen LogP contribution >= 0.6 is 0 Å². The second-order valence-corrected chi connectivity index (χ2v) is 7.23. The minimum atomic E-state index is -0.753.